The molecule has 1 aliphatic rings. The number of nitrogens with zero attached hydrogens (tertiary/aromatic N) is 3. The predicted molar refractivity (Wildman–Crippen MR) is 112 cm³/mol. The Hall–Kier alpha value is -3.52. The van der Waals surface area contributed by atoms with Crippen molar-refractivity contribution in [3.05, 3.63) is 66.1 Å². The van der Waals surface area contributed by atoms with Gasteiger partial charge in [-0.25, -0.2) is 19.2 Å². The molecule has 154 valence electrons. The Morgan fingerprint density at radius 1 is 1.23 bits per heavy atom. The molecule has 3 aromatic rings. The highest BCUT2D eigenvalue weighted by Crippen LogP contribution is 2.26. The Kier molecular flexibility index (Phi) is 5.58. The molecule has 0 aliphatic carbocycles. The fourth-order valence-electron chi connectivity index (χ4n) is 3.37. The van der Waals surface area contributed by atoms with E-state index in [1.807, 2.05) is 11.8 Å². The minimum absolute atomic E-state index is 0.0663. The molecule has 0 spiro atoms. The molecule has 0 amide bonds. The van der Waals surface area contributed by atoms with E-state index in [1.54, 1.807) is 36.5 Å². The maximum absolute atomic E-state index is 14.7. The summed E-state index contributed by atoms with van der Waals surface area (Å²) in [5.41, 5.74) is 2.67. The van der Waals surface area contributed by atoms with Crippen LogP contribution in [0.25, 0.3) is 11.3 Å². The zero-order chi connectivity index (χ0) is 21.1. The van der Waals surface area contributed by atoms with Crippen LogP contribution >= 0.6 is 0 Å². The van der Waals surface area contributed by atoms with Gasteiger partial charge in [0, 0.05) is 30.5 Å². The second kappa shape index (κ2) is 8.46. The average molecular weight is 408 g/mol. The van der Waals surface area contributed by atoms with Gasteiger partial charge in [-0.1, -0.05) is 12.1 Å². The summed E-state index contributed by atoms with van der Waals surface area (Å²) in [4.78, 5) is 21.6. The number of hydrogen-bond donors (Lipinski definition) is 2. The van der Waals surface area contributed by atoms with E-state index in [-0.39, 0.29) is 17.5 Å². The predicted octanol–water partition coefficient (Wildman–Crippen LogP) is 3.95. The molecule has 4 rings (SSSR count). The molecular weight excluding hydrogens is 387 g/mol. The summed E-state index contributed by atoms with van der Waals surface area (Å²) >= 11 is 0. The third-order valence-corrected chi connectivity index (χ3v) is 4.87. The van der Waals surface area contributed by atoms with Crippen molar-refractivity contribution in [2.75, 3.05) is 29.9 Å². The maximum Gasteiger partial charge on any atom is 0.335 e. The van der Waals surface area contributed by atoms with Gasteiger partial charge in [0.05, 0.1) is 29.7 Å². The van der Waals surface area contributed by atoms with Crippen LogP contribution in [0.4, 0.5) is 21.7 Å². The summed E-state index contributed by atoms with van der Waals surface area (Å²) < 4.78 is 20.2. The lowest BCUT2D eigenvalue weighted by Crippen LogP contribution is -2.41. The van der Waals surface area contributed by atoms with Crippen molar-refractivity contribution in [1.82, 2.24) is 9.97 Å². The Balaban J connectivity index is 1.51. The van der Waals surface area contributed by atoms with Crippen LogP contribution in [0.1, 0.15) is 17.3 Å². The van der Waals surface area contributed by atoms with Gasteiger partial charge in [0.2, 0.25) is 5.95 Å². The lowest BCUT2D eigenvalue weighted by Gasteiger charge is -2.33. The summed E-state index contributed by atoms with van der Waals surface area (Å²) in [5.74, 6) is -0.986. The number of aromatic carboxylic acids is 1. The molecule has 0 bridgehead atoms. The molecule has 2 heterocycles. The van der Waals surface area contributed by atoms with E-state index >= 15 is 0 Å². The number of hydrogen-bond acceptors (Lipinski definition) is 6. The summed E-state index contributed by atoms with van der Waals surface area (Å²) in [6.45, 7) is 3.85. The Morgan fingerprint density at radius 3 is 2.73 bits per heavy atom. The summed E-state index contributed by atoms with van der Waals surface area (Å²) in [5, 5.41) is 12.0. The van der Waals surface area contributed by atoms with E-state index in [2.05, 4.69) is 15.3 Å². The minimum atomic E-state index is -0.983. The van der Waals surface area contributed by atoms with Crippen molar-refractivity contribution in [1.29, 1.82) is 0 Å². The Labute approximate surface area is 173 Å². The van der Waals surface area contributed by atoms with Gasteiger partial charge in [-0.05, 0) is 43.3 Å². The van der Waals surface area contributed by atoms with Crippen LogP contribution in [0.15, 0.2) is 54.7 Å². The van der Waals surface area contributed by atoms with Crippen LogP contribution in [0.2, 0.25) is 0 Å². The van der Waals surface area contributed by atoms with Gasteiger partial charge in [-0.15, -0.1) is 0 Å². The lowest BCUT2D eigenvalue weighted by atomic mass is 10.1. The summed E-state index contributed by atoms with van der Waals surface area (Å²) in [6.07, 6.45) is 1.66. The van der Waals surface area contributed by atoms with E-state index < -0.39 is 5.97 Å². The average Bonchev–Trinajstić information content (AvgIpc) is 2.74. The van der Waals surface area contributed by atoms with Gasteiger partial charge in [0.15, 0.2) is 0 Å². The van der Waals surface area contributed by atoms with Gasteiger partial charge < -0.3 is 20.1 Å². The fourth-order valence-corrected chi connectivity index (χ4v) is 3.37. The van der Waals surface area contributed by atoms with Crippen molar-refractivity contribution < 1.29 is 19.0 Å². The van der Waals surface area contributed by atoms with Crippen molar-refractivity contribution in [2.45, 2.75) is 13.0 Å². The van der Waals surface area contributed by atoms with Gasteiger partial charge in [0.25, 0.3) is 0 Å². The molecule has 1 saturated heterocycles. The molecular formula is C22H21FN4O3. The third-order valence-electron chi connectivity index (χ3n) is 4.87. The number of ether oxygens (including phenoxy) is 1. The van der Waals surface area contributed by atoms with Crippen LogP contribution in [0.3, 0.4) is 0 Å². The first kappa shape index (κ1) is 19.8. The van der Waals surface area contributed by atoms with Crippen molar-refractivity contribution in [3.8, 4) is 11.3 Å². The first-order valence-corrected chi connectivity index (χ1v) is 9.59. The topological polar surface area (TPSA) is 87.6 Å². The molecule has 1 aromatic heterocycles. The SMILES string of the molecule is CC1CN(c2ccc(Nc3nccc(-c4ccc(C(=O)O)cc4)n3)cc2F)CCO1. The highest BCUT2D eigenvalue weighted by atomic mass is 19.1. The molecule has 8 heteroatoms. The Bertz CT molecular complexity index is 1060. The molecule has 1 atom stereocenters. The third kappa shape index (κ3) is 4.38. The van der Waals surface area contributed by atoms with E-state index in [1.165, 1.54) is 18.2 Å². The molecule has 2 N–H and O–H groups in total. The normalized spacial score (nSPS) is 16.3. The molecule has 30 heavy (non-hydrogen) atoms. The number of rotatable bonds is 5. The van der Waals surface area contributed by atoms with Crippen molar-refractivity contribution in [2.24, 2.45) is 0 Å². The maximum atomic E-state index is 14.7. The first-order valence-electron chi connectivity index (χ1n) is 9.59. The number of carbonyl (C=O) groups is 1. The van der Waals surface area contributed by atoms with Crippen LogP contribution in [-0.4, -0.2) is 46.8 Å². The van der Waals surface area contributed by atoms with E-state index in [0.717, 1.165) is 5.56 Å². The van der Waals surface area contributed by atoms with Crippen LogP contribution in [0.5, 0.6) is 0 Å². The molecule has 0 radical (unpaired) electrons. The summed E-state index contributed by atoms with van der Waals surface area (Å²) in [7, 11) is 0. The second-order valence-corrected chi connectivity index (χ2v) is 7.07. The number of benzene rings is 2. The monoisotopic (exact) mass is 408 g/mol. The zero-order valence-electron chi connectivity index (χ0n) is 16.4. The smallest absolute Gasteiger partial charge is 0.335 e. The highest BCUT2D eigenvalue weighted by molar-refractivity contribution is 5.88. The lowest BCUT2D eigenvalue weighted by molar-refractivity contribution is 0.0530. The van der Waals surface area contributed by atoms with Crippen LogP contribution < -0.4 is 10.2 Å². The standard InChI is InChI=1S/C22H21FN4O3/c1-14-13-27(10-11-30-14)20-7-6-17(12-18(20)23)25-22-24-9-8-19(26-22)15-2-4-16(5-3-15)21(28)29/h2-9,12,14H,10-11,13H2,1H3,(H,28,29)(H,24,25,26). The van der Waals surface area contributed by atoms with Gasteiger partial charge in [-0.2, -0.15) is 0 Å². The number of carboxylic acids is 1. The van der Waals surface area contributed by atoms with Crippen LogP contribution in [0, 0.1) is 5.82 Å². The first-order chi connectivity index (χ1) is 14.5. The molecule has 0 saturated carbocycles. The Morgan fingerprint density at radius 2 is 2.03 bits per heavy atom. The van der Waals surface area contributed by atoms with Crippen molar-refractivity contribution in [3.63, 3.8) is 0 Å². The molecule has 7 nitrogen and oxygen atoms in total. The van der Waals surface area contributed by atoms with E-state index in [9.17, 15) is 9.18 Å². The zero-order valence-corrected chi connectivity index (χ0v) is 16.4. The largest absolute Gasteiger partial charge is 0.478 e. The highest BCUT2D eigenvalue weighted by Gasteiger charge is 2.19. The number of nitrogens with one attached hydrogen (secondary N) is 1. The van der Waals surface area contributed by atoms with E-state index in [0.29, 0.717) is 42.7 Å². The van der Waals surface area contributed by atoms with Gasteiger partial charge in [0.1, 0.15) is 5.82 Å². The molecule has 2 aromatic carbocycles. The summed E-state index contributed by atoms with van der Waals surface area (Å²) in [6, 6.07) is 13.1. The quantitative estimate of drug-likeness (QED) is 0.661. The molecule has 1 fully saturated rings. The minimum Gasteiger partial charge on any atom is -0.478 e. The fraction of sp³-hybridized carbons (Fsp3) is 0.227. The molecule has 1 unspecified atom stereocenters. The number of aromatic nitrogens is 2. The van der Waals surface area contributed by atoms with Crippen molar-refractivity contribution >= 4 is 23.3 Å². The molecule has 1 aliphatic heterocycles. The number of carboxylic acid groups (broad SMARTS) is 1. The van der Waals surface area contributed by atoms with E-state index in [4.69, 9.17) is 9.84 Å². The van der Waals surface area contributed by atoms with Gasteiger partial charge in [-0.3, -0.25) is 0 Å². The number of anilines is 3. The number of morpholine rings is 1. The van der Waals surface area contributed by atoms with Crippen LogP contribution in [-0.2, 0) is 4.74 Å². The number of halogens is 1. The van der Waals surface area contributed by atoms with Gasteiger partial charge >= 0.3 is 5.97 Å². The second-order valence-electron chi connectivity index (χ2n) is 7.07.